The van der Waals surface area contributed by atoms with Crippen LogP contribution in [0.2, 0.25) is 0 Å². The van der Waals surface area contributed by atoms with E-state index in [9.17, 15) is 9.59 Å². The van der Waals surface area contributed by atoms with Gasteiger partial charge in [-0.05, 0) is 11.8 Å². The van der Waals surface area contributed by atoms with Crippen LogP contribution >= 0.6 is 0 Å². The quantitative estimate of drug-likeness (QED) is 0.459. The molecule has 2 heterocycles. The summed E-state index contributed by atoms with van der Waals surface area (Å²) in [6, 6.07) is -1.43. The largest absolute Gasteiger partial charge is 0.480 e. The number of carbonyl (C=O) groups is 2. The second-order valence-corrected chi connectivity index (χ2v) is 5.74. The molecule has 0 radical (unpaired) electrons. The monoisotopic (exact) mass is 370 g/mol. The molecule has 26 heavy (non-hydrogen) atoms. The van der Waals surface area contributed by atoms with Crippen molar-refractivity contribution in [2.24, 2.45) is 23.3 Å². The Morgan fingerprint density at radius 3 is 1.15 bits per heavy atom. The molecule has 0 aliphatic heterocycles. The number of carboxylic acids is 2. The predicted octanol–water partition coefficient (Wildman–Crippen LogP) is 0.928. The maximum Gasteiger partial charge on any atom is 0.320 e. The zero-order chi connectivity index (χ0) is 20.5. The lowest BCUT2D eigenvalue weighted by Gasteiger charge is -2.07. The van der Waals surface area contributed by atoms with Crippen molar-refractivity contribution in [1.29, 1.82) is 0 Å². The number of aromatic nitrogens is 4. The fourth-order valence-electron chi connectivity index (χ4n) is 1.00. The Morgan fingerprint density at radius 2 is 1.12 bits per heavy atom. The molecule has 10 nitrogen and oxygen atoms in total. The van der Waals surface area contributed by atoms with E-state index < -0.39 is 24.0 Å². The summed E-state index contributed by atoms with van der Waals surface area (Å²) in [5, 5.41) is 16.5. The molecule has 148 valence electrons. The lowest BCUT2D eigenvalue weighted by Crippen LogP contribution is -2.34. The van der Waals surface area contributed by atoms with Gasteiger partial charge in [-0.2, -0.15) is 0 Å². The average molecular weight is 370 g/mol. The fraction of sp³-hybridized carbons (Fsp3) is 0.500. The molecular weight excluding hydrogens is 340 g/mol. The van der Waals surface area contributed by atoms with Crippen LogP contribution in [0, 0.1) is 11.8 Å². The van der Waals surface area contributed by atoms with Crippen molar-refractivity contribution in [3.63, 3.8) is 0 Å². The first-order valence-corrected chi connectivity index (χ1v) is 7.93. The van der Waals surface area contributed by atoms with Crippen molar-refractivity contribution >= 4 is 11.9 Å². The lowest BCUT2D eigenvalue weighted by atomic mass is 10.1. The van der Waals surface area contributed by atoms with Crippen LogP contribution in [0.5, 0.6) is 0 Å². The second kappa shape index (κ2) is 15.8. The summed E-state index contributed by atoms with van der Waals surface area (Å²) in [6.45, 7) is 7.11. The van der Waals surface area contributed by atoms with E-state index in [1.165, 1.54) is 0 Å². The number of nitrogens with one attached hydrogen (secondary N) is 2. The van der Waals surface area contributed by atoms with Crippen LogP contribution in [0.1, 0.15) is 27.7 Å². The van der Waals surface area contributed by atoms with E-state index >= 15 is 0 Å². The molecule has 0 saturated heterocycles. The molecule has 0 aliphatic rings. The van der Waals surface area contributed by atoms with Crippen molar-refractivity contribution in [2.45, 2.75) is 39.8 Å². The standard InChI is InChI=1S/2C5H11NO2.2C3H4N2/c2*1-3(2)4(6)5(7)8;2*1-2-5-3-4-1/h2*3-4H,6H2,1-2H3,(H,7,8);2*1-3H,(H,4,5)/t2*4-;;/m00../s1. The number of hydrogen-bond donors (Lipinski definition) is 6. The Hall–Kier alpha value is -2.72. The third-order valence-corrected chi connectivity index (χ3v) is 2.82. The Morgan fingerprint density at radius 1 is 0.808 bits per heavy atom. The van der Waals surface area contributed by atoms with Crippen molar-refractivity contribution in [1.82, 2.24) is 19.9 Å². The minimum Gasteiger partial charge on any atom is -0.480 e. The lowest BCUT2D eigenvalue weighted by molar-refractivity contribution is -0.140. The molecule has 0 saturated carbocycles. The van der Waals surface area contributed by atoms with Crippen LogP contribution in [-0.2, 0) is 9.59 Å². The maximum absolute atomic E-state index is 10.0. The van der Waals surface area contributed by atoms with Crippen LogP contribution in [-0.4, -0.2) is 54.2 Å². The van der Waals surface area contributed by atoms with E-state index in [0.29, 0.717) is 0 Å². The summed E-state index contributed by atoms with van der Waals surface area (Å²) in [6.07, 6.45) is 10.2. The molecule has 2 atom stereocenters. The van der Waals surface area contributed by atoms with Crippen LogP contribution in [0.15, 0.2) is 37.4 Å². The van der Waals surface area contributed by atoms with Gasteiger partial charge in [-0.15, -0.1) is 0 Å². The minimum absolute atomic E-state index is 0.0208. The van der Waals surface area contributed by atoms with E-state index in [4.69, 9.17) is 21.7 Å². The summed E-state index contributed by atoms with van der Waals surface area (Å²) in [5.41, 5.74) is 10.3. The Balaban J connectivity index is 0. The second-order valence-electron chi connectivity index (χ2n) is 5.74. The highest BCUT2D eigenvalue weighted by atomic mass is 16.4. The first kappa shape index (κ1) is 25.5. The smallest absolute Gasteiger partial charge is 0.320 e. The number of imidazole rings is 2. The Kier molecular flexibility index (Phi) is 15.5. The third kappa shape index (κ3) is 16.1. The van der Waals surface area contributed by atoms with Crippen LogP contribution in [0.25, 0.3) is 0 Å². The molecule has 0 amide bonds. The number of carboxylic acid groups (broad SMARTS) is 2. The van der Waals surface area contributed by atoms with E-state index in [-0.39, 0.29) is 11.8 Å². The van der Waals surface area contributed by atoms with Crippen LogP contribution in [0.4, 0.5) is 0 Å². The topological polar surface area (TPSA) is 184 Å². The van der Waals surface area contributed by atoms with Gasteiger partial charge in [0, 0.05) is 24.8 Å². The van der Waals surface area contributed by atoms with Crippen molar-refractivity contribution < 1.29 is 19.8 Å². The fourth-order valence-corrected chi connectivity index (χ4v) is 1.00. The molecular formula is C16H30N6O4. The molecule has 2 aromatic rings. The zero-order valence-electron chi connectivity index (χ0n) is 15.5. The van der Waals surface area contributed by atoms with Crippen LogP contribution in [0.3, 0.4) is 0 Å². The summed E-state index contributed by atoms with van der Waals surface area (Å²) in [5.74, 6) is -1.82. The molecule has 2 aromatic heterocycles. The molecule has 0 spiro atoms. The first-order chi connectivity index (χ1) is 12.1. The highest BCUT2D eigenvalue weighted by Crippen LogP contribution is 1.96. The summed E-state index contributed by atoms with van der Waals surface area (Å²) < 4.78 is 0. The number of aliphatic carboxylic acids is 2. The van der Waals surface area contributed by atoms with Gasteiger partial charge in [0.05, 0.1) is 12.7 Å². The minimum atomic E-state index is -0.931. The molecule has 0 bridgehead atoms. The Labute approximate surface area is 153 Å². The molecule has 2 rings (SSSR count). The number of nitrogens with two attached hydrogens (primary N) is 2. The average Bonchev–Trinajstić information content (AvgIpc) is 3.30. The van der Waals surface area contributed by atoms with Crippen LogP contribution < -0.4 is 11.5 Å². The highest BCUT2D eigenvalue weighted by Gasteiger charge is 2.14. The van der Waals surface area contributed by atoms with E-state index in [2.05, 4.69) is 19.9 Å². The van der Waals surface area contributed by atoms with Gasteiger partial charge in [0.15, 0.2) is 0 Å². The number of H-pyrrole nitrogens is 2. The van der Waals surface area contributed by atoms with E-state index in [1.807, 2.05) is 0 Å². The SMILES string of the molecule is CC(C)[C@H](N)C(=O)O.CC(C)[C@H](N)C(=O)O.c1c[nH]cn1.c1c[nH]cn1. The highest BCUT2D eigenvalue weighted by molar-refractivity contribution is 5.73. The normalized spacial score (nSPS) is 11.7. The zero-order valence-corrected chi connectivity index (χ0v) is 15.5. The van der Waals surface area contributed by atoms with Gasteiger partial charge in [0.25, 0.3) is 0 Å². The van der Waals surface area contributed by atoms with Gasteiger partial charge in [0.2, 0.25) is 0 Å². The first-order valence-electron chi connectivity index (χ1n) is 7.93. The van der Waals surface area contributed by atoms with Gasteiger partial charge >= 0.3 is 11.9 Å². The molecule has 8 N–H and O–H groups in total. The van der Waals surface area contributed by atoms with Crippen molar-refractivity contribution in [2.75, 3.05) is 0 Å². The van der Waals surface area contributed by atoms with E-state index in [0.717, 1.165) is 0 Å². The Bertz CT molecular complexity index is 458. The van der Waals surface area contributed by atoms with E-state index in [1.54, 1.807) is 65.1 Å². The molecule has 0 fully saturated rings. The summed E-state index contributed by atoms with van der Waals surface area (Å²) >= 11 is 0. The number of rotatable bonds is 4. The number of nitrogens with zero attached hydrogens (tertiary/aromatic N) is 2. The van der Waals surface area contributed by atoms with Gasteiger partial charge in [-0.3, -0.25) is 9.59 Å². The maximum atomic E-state index is 10.0. The molecule has 0 aromatic carbocycles. The predicted molar refractivity (Wildman–Crippen MR) is 98.1 cm³/mol. The summed E-state index contributed by atoms with van der Waals surface area (Å²) in [7, 11) is 0. The number of hydrogen-bond acceptors (Lipinski definition) is 6. The molecule has 10 heteroatoms. The summed E-state index contributed by atoms with van der Waals surface area (Å²) in [4.78, 5) is 32.9. The van der Waals surface area contributed by atoms with Crippen molar-refractivity contribution in [3.8, 4) is 0 Å². The number of aromatic amines is 2. The third-order valence-electron chi connectivity index (χ3n) is 2.82. The van der Waals surface area contributed by atoms with Gasteiger partial charge in [0.1, 0.15) is 12.1 Å². The van der Waals surface area contributed by atoms with Crippen molar-refractivity contribution in [3.05, 3.63) is 37.4 Å². The van der Waals surface area contributed by atoms with Gasteiger partial charge in [-0.25, -0.2) is 9.97 Å². The molecule has 0 unspecified atom stereocenters. The van der Waals surface area contributed by atoms with Gasteiger partial charge in [-0.1, -0.05) is 27.7 Å². The van der Waals surface area contributed by atoms with Gasteiger partial charge < -0.3 is 31.6 Å². The molecule has 0 aliphatic carbocycles.